The third kappa shape index (κ3) is 4.00. The normalized spacial score (nSPS) is 14.4. The molecule has 0 spiro atoms. The van der Waals surface area contributed by atoms with Crippen molar-refractivity contribution >= 4 is 15.9 Å². The summed E-state index contributed by atoms with van der Waals surface area (Å²) in [7, 11) is 3.73. The lowest BCUT2D eigenvalue weighted by Gasteiger charge is -2.22. The van der Waals surface area contributed by atoms with Crippen molar-refractivity contribution in [3.63, 3.8) is 0 Å². The molecule has 1 aromatic rings. The Hall–Kier alpha value is -0.540. The van der Waals surface area contributed by atoms with Crippen LogP contribution >= 0.6 is 15.9 Å². The first-order chi connectivity index (χ1) is 8.12. The molecule has 0 aliphatic heterocycles. The Morgan fingerprint density at radius 2 is 2.12 bits per heavy atom. The molecule has 2 atom stereocenters. The van der Waals surface area contributed by atoms with Gasteiger partial charge in [-0.2, -0.15) is 0 Å². The van der Waals surface area contributed by atoms with Crippen LogP contribution in [0.4, 0.5) is 0 Å². The van der Waals surface area contributed by atoms with E-state index in [0.29, 0.717) is 12.0 Å². The van der Waals surface area contributed by atoms with E-state index in [2.05, 4.69) is 41.2 Å². The van der Waals surface area contributed by atoms with Gasteiger partial charge in [-0.25, -0.2) is 0 Å². The molecule has 1 N–H and O–H groups in total. The number of hydrogen-bond acceptors (Lipinski definition) is 2. The average Bonchev–Trinajstić information content (AvgIpc) is 2.35. The molecular weight excluding hydrogens is 278 g/mol. The van der Waals surface area contributed by atoms with Gasteiger partial charge in [0.15, 0.2) is 0 Å². The van der Waals surface area contributed by atoms with Gasteiger partial charge >= 0.3 is 0 Å². The molecule has 0 fully saturated rings. The van der Waals surface area contributed by atoms with Crippen LogP contribution in [0.15, 0.2) is 22.7 Å². The van der Waals surface area contributed by atoms with Gasteiger partial charge in [-0.3, -0.25) is 0 Å². The molecule has 0 heterocycles. The van der Waals surface area contributed by atoms with E-state index in [9.17, 15) is 0 Å². The van der Waals surface area contributed by atoms with Crippen molar-refractivity contribution < 1.29 is 4.74 Å². The lowest BCUT2D eigenvalue weighted by molar-refractivity contribution is 0.380. The van der Waals surface area contributed by atoms with Gasteiger partial charge in [-0.05, 0) is 37.6 Å². The number of methoxy groups -OCH3 is 1. The predicted octanol–water partition coefficient (Wildman–Crippen LogP) is 4.15. The van der Waals surface area contributed by atoms with Crippen molar-refractivity contribution in [1.82, 2.24) is 5.32 Å². The quantitative estimate of drug-likeness (QED) is 0.852. The average molecular weight is 300 g/mol. The van der Waals surface area contributed by atoms with E-state index in [1.807, 2.05) is 19.2 Å². The van der Waals surface area contributed by atoms with Gasteiger partial charge < -0.3 is 10.1 Å². The first-order valence-corrected chi connectivity index (χ1v) is 6.92. The van der Waals surface area contributed by atoms with E-state index in [4.69, 9.17) is 4.74 Å². The number of halogens is 1. The van der Waals surface area contributed by atoms with Crippen LogP contribution in [0, 0.1) is 5.92 Å². The zero-order valence-electron chi connectivity index (χ0n) is 11.1. The zero-order chi connectivity index (χ0) is 12.8. The molecule has 0 aromatic heterocycles. The van der Waals surface area contributed by atoms with Gasteiger partial charge in [0.2, 0.25) is 0 Å². The maximum atomic E-state index is 5.44. The summed E-state index contributed by atoms with van der Waals surface area (Å²) in [5.74, 6) is 1.66. The first-order valence-electron chi connectivity index (χ1n) is 6.13. The van der Waals surface area contributed by atoms with E-state index in [0.717, 1.165) is 16.6 Å². The van der Waals surface area contributed by atoms with Crippen molar-refractivity contribution in [2.75, 3.05) is 14.2 Å². The summed E-state index contributed by atoms with van der Waals surface area (Å²) < 4.78 is 6.53. The summed E-state index contributed by atoms with van der Waals surface area (Å²) in [5, 5.41) is 3.38. The molecule has 0 bridgehead atoms. The van der Waals surface area contributed by atoms with E-state index in [1.54, 1.807) is 7.11 Å². The molecule has 17 heavy (non-hydrogen) atoms. The highest BCUT2D eigenvalue weighted by Crippen LogP contribution is 2.32. The fraction of sp³-hybridized carbons (Fsp3) is 0.571. The van der Waals surface area contributed by atoms with E-state index in [1.165, 1.54) is 12.0 Å². The Morgan fingerprint density at radius 3 is 2.65 bits per heavy atom. The van der Waals surface area contributed by atoms with Crippen molar-refractivity contribution in [3.05, 3.63) is 28.2 Å². The monoisotopic (exact) mass is 299 g/mol. The highest BCUT2D eigenvalue weighted by molar-refractivity contribution is 9.10. The molecule has 1 aromatic carbocycles. The third-order valence-electron chi connectivity index (χ3n) is 3.25. The molecule has 1 rings (SSSR count). The van der Waals surface area contributed by atoms with Crippen LogP contribution in [0.3, 0.4) is 0 Å². The molecule has 0 saturated heterocycles. The van der Waals surface area contributed by atoms with E-state index >= 15 is 0 Å². The van der Waals surface area contributed by atoms with Crippen LogP contribution in [0.2, 0.25) is 0 Å². The topological polar surface area (TPSA) is 21.3 Å². The summed E-state index contributed by atoms with van der Waals surface area (Å²) in [6, 6.07) is 6.51. The SMILES string of the molecule is CCC(C)CC(NC)c1cc(Br)ccc1OC. The predicted molar refractivity (Wildman–Crippen MR) is 76.6 cm³/mol. The Bertz CT molecular complexity index is 354. The minimum absolute atomic E-state index is 0.345. The lowest BCUT2D eigenvalue weighted by Crippen LogP contribution is -2.19. The molecule has 0 amide bonds. The highest BCUT2D eigenvalue weighted by Gasteiger charge is 2.17. The van der Waals surface area contributed by atoms with Gasteiger partial charge in [0.05, 0.1) is 7.11 Å². The van der Waals surface area contributed by atoms with Crippen LogP contribution in [0.25, 0.3) is 0 Å². The van der Waals surface area contributed by atoms with Gasteiger partial charge in [-0.1, -0.05) is 36.2 Å². The number of benzene rings is 1. The fourth-order valence-electron chi connectivity index (χ4n) is 1.95. The zero-order valence-corrected chi connectivity index (χ0v) is 12.7. The lowest BCUT2D eigenvalue weighted by atomic mass is 9.94. The second-order valence-electron chi connectivity index (χ2n) is 4.48. The van der Waals surface area contributed by atoms with Crippen molar-refractivity contribution in [3.8, 4) is 5.75 Å². The Balaban J connectivity index is 2.97. The second kappa shape index (κ2) is 7.02. The van der Waals surface area contributed by atoms with Crippen molar-refractivity contribution in [2.24, 2.45) is 5.92 Å². The first kappa shape index (κ1) is 14.5. The second-order valence-corrected chi connectivity index (χ2v) is 5.39. The smallest absolute Gasteiger partial charge is 0.123 e. The number of rotatable bonds is 6. The molecule has 96 valence electrons. The van der Waals surface area contributed by atoms with Gasteiger partial charge in [0, 0.05) is 16.1 Å². The van der Waals surface area contributed by atoms with Crippen LogP contribution in [0.5, 0.6) is 5.75 Å². The highest BCUT2D eigenvalue weighted by atomic mass is 79.9. The number of ether oxygens (including phenoxy) is 1. The fourth-order valence-corrected chi connectivity index (χ4v) is 2.33. The van der Waals surface area contributed by atoms with Crippen LogP contribution in [-0.2, 0) is 0 Å². The van der Waals surface area contributed by atoms with Gasteiger partial charge in [0.1, 0.15) is 5.75 Å². The molecule has 2 unspecified atom stereocenters. The van der Waals surface area contributed by atoms with E-state index < -0.39 is 0 Å². The molecule has 0 radical (unpaired) electrons. The maximum absolute atomic E-state index is 5.44. The summed E-state index contributed by atoms with van der Waals surface area (Å²) >= 11 is 3.52. The number of nitrogens with one attached hydrogen (secondary N) is 1. The van der Waals surface area contributed by atoms with Crippen molar-refractivity contribution in [2.45, 2.75) is 32.7 Å². The van der Waals surface area contributed by atoms with E-state index in [-0.39, 0.29) is 0 Å². The molecular formula is C14H22BrNO. The number of hydrogen-bond donors (Lipinski definition) is 1. The molecule has 3 heteroatoms. The summed E-state index contributed by atoms with van der Waals surface area (Å²) in [4.78, 5) is 0. The van der Waals surface area contributed by atoms with Crippen LogP contribution < -0.4 is 10.1 Å². The van der Waals surface area contributed by atoms with Crippen LogP contribution in [0.1, 0.15) is 38.3 Å². The Morgan fingerprint density at radius 1 is 1.41 bits per heavy atom. The minimum atomic E-state index is 0.345. The van der Waals surface area contributed by atoms with Crippen molar-refractivity contribution in [1.29, 1.82) is 0 Å². The summed E-state index contributed by atoms with van der Waals surface area (Å²) in [6.45, 7) is 4.52. The Labute approximate surface area is 113 Å². The molecule has 0 aliphatic rings. The van der Waals surface area contributed by atoms with Crippen LogP contribution in [-0.4, -0.2) is 14.2 Å². The summed E-state index contributed by atoms with van der Waals surface area (Å²) in [6.07, 6.45) is 2.33. The van der Waals surface area contributed by atoms with Gasteiger partial charge in [0.25, 0.3) is 0 Å². The molecule has 2 nitrogen and oxygen atoms in total. The maximum Gasteiger partial charge on any atom is 0.123 e. The standard InChI is InChI=1S/C14H22BrNO/c1-5-10(2)8-13(16-3)12-9-11(15)6-7-14(12)17-4/h6-7,9-10,13,16H,5,8H2,1-4H3. The minimum Gasteiger partial charge on any atom is -0.496 e. The molecule has 0 aliphatic carbocycles. The molecule has 0 saturated carbocycles. The Kier molecular flexibility index (Phi) is 6.00. The largest absolute Gasteiger partial charge is 0.496 e. The third-order valence-corrected chi connectivity index (χ3v) is 3.74. The van der Waals surface area contributed by atoms with Gasteiger partial charge in [-0.15, -0.1) is 0 Å². The summed E-state index contributed by atoms with van der Waals surface area (Å²) in [5.41, 5.74) is 1.23.